The minimum atomic E-state index is -1.95. The van der Waals surface area contributed by atoms with Crippen molar-refractivity contribution in [2.45, 2.75) is 280 Å². The number of carbonyl (C=O) groups excluding carboxylic acids is 2. The smallest absolute Gasteiger partial charge is 0.311 e. The van der Waals surface area contributed by atoms with Crippen LogP contribution in [0.15, 0.2) is 0 Å². The van der Waals surface area contributed by atoms with Crippen LogP contribution in [0, 0.1) is 11.8 Å². The second kappa shape index (κ2) is 30.6. The van der Waals surface area contributed by atoms with Crippen LogP contribution < -0.4 is 0 Å². The van der Waals surface area contributed by atoms with Crippen molar-refractivity contribution in [2.24, 2.45) is 11.8 Å². The molecular formula is C50H88O23. The summed E-state index contributed by atoms with van der Waals surface area (Å²) in [6.07, 6.45) is -23.2. The Labute approximate surface area is 428 Å². The molecule has 0 aliphatic carbocycles. The Morgan fingerprint density at radius 2 is 1.01 bits per heavy atom. The highest BCUT2D eigenvalue weighted by atomic mass is 16.8. The van der Waals surface area contributed by atoms with E-state index in [0.717, 1.165) is 57.8 Å². The molecule has 4 aliphatic heterocycles. The number of carboxylic acids is 1. The Hall–Kier alpha value is -2.27. The number of hydrogen-bond donors (Lipinski definition) is 10. The highest BCUT2D eigenvalue weighted by molar-refractivity contribution is 5.73. The van der Waals surface area contributed by atoms with Crippen molar-refractivity contribution >= 4 is 17.9 Å². The van der Waals surface area contributed by atoms with Gasteiger partial charge in [-0.2, -0.15) is 0 Å². The Morgan fingerprint density at radius 3 is 1.60 bits per heavy atom. The van der Waals surface area contributed by atoms with Gasteiger partial charge in [-0.3, -0.25) is 14.4 Å². The van der Waals surface area contributed by atoms with Crippen LogP contribution in [0.5, 0.6) is 0 Å². The first-order chi connectivity index (χ1) is 34.6. The van der Waals surface area contributed by atoms with E-state index in [1.807, 2.05) is 0 Å². The Bertz CT molecular complexity index is 1630. The molecule has 4 fully saturated rings. The summed E-state index contributed by atoms with van der Waals surface area (Å²) in [6.45, 7) is 11.7. The lowest BCUT2D eigenvalue weighted by molar-refractivity contribution is -0.400. The van der Waals surface area contributed by atoms with E-state index in [4.69, 9.17) is 52.5 Å². The fourth-order valence-corrected chi connectivity index (χ4v) is 9.17. The third-order valence-electron chi connectivity index (χ3n) is 14.5. The number of hydrogen-bond acceptors (Lipinski definition) is 22. The third kappa shape index (κ3) is 17.6. The average Bonchev–Trinajstić information content (AvgIpc) is 3.35. The Balaban J connectivity index is 1.62. The number of ether oxygens (including phenoxy) is 10. The summed E-state index contributed by atoms with van der Waals surface area (Å²) in [7, 11) is 0. The van der Waals surface area contributed by atoms with Crippen LogP contribution >= 0.6 is 0 Å². The van der Waals surface area contributed by atoms with Gasteiger partial charge in [0.1, 0.15) is 67.1 Å². The van der Waals surface area contributed by atoms with Crippen LogP contribution in [-0.2, 0) is 61.8 Å². The molecule has 0 aromatic rings. The predicted octanol–water partition coefficient (Wildman–Crippen LogP) is 1.07. The SMILES string of the molecule is CCCCC[C@H](CCCCCCCCCC(=O)O)O[C@@H]1O[C@H](C)[C@@H](O)[C@H](O)[C@H]1O[C@@H]1O[C@H](CO)[C@@H](O)[C@H](O)[C@H]1O[C@@H]1O[C@@H](C)[C@H](O)[C@@H](O[C@@H]2O[C@H](C)[C@@H](OC(=O)[C@H](C)[C@H](C)O)[C@H](O)[C@H]2O)[C@H]1OC(=O)[C@H](C)CC. The van der Waals surface area contributed by atoms with Gasteiger partial charge in [0.2, 0.25) is 0 Å². The van der Waals surface area contributed by atoms with E-state index in [9.17, 15) is 60.3 Å². The van der Waals surface area contributed by atoms with Crippen molar-refractivity contribution in [3.63, 3.8) is 0 Å². The van der Waals surface area contributed by atoms with Gasteiger partial charge in [-0.25, -0.2) is 0 Å². The summed E-state index contributed by atoms with van der Waals surface area (Å²) >= 11 is 0. The van der Waals surface area contributed by atoms with E-state index in [2.05, 4.69) is 6.92 Å². The molecule has 0 aromatic carbocycles. The zero-order valence-corrected chi connectivity index (χ0v) is 43.7. The van der Waals surface area contributed by atoms with Gasteiger partial charge in [0.25, 0.3) is 0 Å². The molecule has 73 heavy (non-hydrogen) atoms. The van der Waals surface area contributed by atoms with Gasteiger partial charge < -0.3 is 98.4 Å². The number of aliphatic carboxylic acids is 1. The zero-order valence-electron chi connectivity index (χ0n) is 43.7. The molecule has 426 valence electrons. The fourth-order valence-electron chi connectivity index (χ4n) is 9.17. The van der Waals surface area contributed by atoms with Crippen LogP contribution in [0.25, 0.3) is 0 Å². The molecule has 23 heteroatoms. The van der Waals surface area contributed by atoms with Gasteiger partial charge in [-0.1, -0.05) is 78.6 Å². The molecule has 4 aliphatic rings. The number of carboxylic acid groups (broad SMARTS) is 1. The second-order valence-electron chi connectivity index (χ2n) is 20.4. The van der Waals surface area contributed by atoms with E-state index in [1.54, 1.807) is 20.8 Å². The van der Waals surface area contributed by atoms with Crippen molar-refractivity contribution in [1.29, 1.82) is 0 Å². The first kappa shape index (κ1) is 63.3. The zero-order chi connectivity index (χ0) is 54.3. The number of unbranched alkanes of at least 4 members (excludes halogenated alkanes) is 8. The lowest BCUT2D eigenvalue weighted by Gasteiger charge is -2.50. The van der Waals surface area contributed by atoms with Gasteiger partial charge in [0.15, 0.2) is 37.4 Å². The summed E-state index contributed by atoms with van der Waals surface area (Å²) < 4.78 is 61.0. The molecule has 10 N–H and O–H groups in total. The van der Waals surface area contributed by atoms with Crippen LogP contribution in [-0.4, -0.2) is 211 Å². The monoisotopic (exact) mass is 1060 g/mol. The maximum absolute atomic E-state index is 13.6. The van der Waals surface area contributed by atoms with Crippen LogP contribution in [0.3, 0.4) is 0 Å². The number of rotatable bonds is 29. The normalized spacial score (nSPS) is 38.8. The molecule has 4 saturated heterocycles. The number of aliphatic hydroxyl groups is 9. The minimum absolute atomic E-state index is 0.152. The molecule has 4 heterocycles. The van der Waals surface area contributed by atoms with Gasteiger partial charge in [0.05, 0.1) is 49.0 Å². The van der Waals surface area contributed by atoms with Crippen molar-refractivity contribution in [3.8, 4) is 0 Å². The second-order valence-corrected chi connectivity index (χ2v) is 20.4. The first-order valence-corrected chi connectivity index (χ1v) is 26.5. The minimum Gasteiger partial charge on any atom is -0.481 e. The van der Waals surface area contributed by atoms with Gasteiger partial charge in [-0.05, 0) is 60.3 Å². The molecular weight excluding hydrogens is 969 g/mol. The van der Waals surface area contributed by atoms with Crippen LogP contribution in [0.4, 0.5) is 0 Å². The van der Waals surface area contributed by atoms with Crippen molar-refractivity contribution in [3.05, 3.63) is 0 Å². The summed E-state index contributed by atoms with van der Waals surface area (Å²) in [6, 6.07) is 0. The van der Waals surface area contributed by atoms with Crippen molar-refractivity contribution < 1.29 is 113 Å². The van der Waals surface area contributed by atoms with E-state index in [1.165, 1.54) is 27.7 Å². The molecule has 0 spiro atoms. The number of aliphatic hydroxyl groups excluding tert-OH is 9. The molecule has 23 nitrogen and oxygen atoms in total. The summed E-state index contributed by atoms with van der Waals surface area (Å²) in [5, 5.41) is 109. The molecule has 4 rings (SSSR count). The molecule has 0 bridgehead atoms. The topological polar surface area (TPSA) is 346 Å². The van der Waals surface area contributed by atoms with Gasteiger partial charge >= 0.3 is 17.9 Å². The lowest BCUT2D eigenvalue weighted by atomic mass is 9.95. The highest BCUT2D eigenvalue weighted by Crippen LogP contribution is 2.37. The van der Waals surface area contributed by atoms with E-state index in [-0.39, 0.29) is 12.5 Å². The molecule has 0 radical (unpaired) electrons. The van der Waals surface area contributed by atoms with Gasteiger partial charge in [-0.15, -0.1) is 0 Å². The lowest BCUT2D eigenvalue weighted by Crippen LogP contribution is -2.67. The van der Waals surface area contributed by atoms with Crippen LogP contribution in [0.1, 0.15) is 145 Å². The quantitative estimate of drug-likeness (QED) is 0.0370. The first-order valence-electron chi connectivity index (χ1n) is 26.5. The third-order valence-corrected chi connectivity index (χ3v) is 14.5. The molecule has 24 atom stereocenters. The average molecular weight is 1060 g/mol. The molecule has 0 amide bonds. The van der Waals surface area contributed by atoms with E-state index >= 15 is 0 Å². The maximum atomic E-state index is 13.6. The Morgan fingerprint density at radius 1 is 0.521 bits per heavy atom. The van der Waals surface area contributed by atoms with Gasteiger partial charge in [0, 0.05) is 6.42 Å². The number of carbonyl (C=O) groups is 3. The highest BCUT2D eigenvalue weighted by Gasteiger charge is 2.57. The van der Waals surface area contributed by atoms with Crippen LogP contribution in [0.2, 0.25) is 0 Å². The predicted molar refractivity (Wildman–Crippen MR) is 254 cm³/mol. The van der Waals surface area contributed by atoms with E-state index < -0.39 is 165 Å². The summed E-state index contributed by atoms with van der Waals surface area (Å²) in [5.41, 5.74) is 0. The molecule has 0 saturated carbocycles. The summed E-state index contributed by atoms with van der Waals surface area (Å²) in [5.74, 6) is -4.19. The molecule has 0 aromatic heterocycles. The van der Waals surface area contributed by atoms with E-state index in [0.29, 0.717) is 25.7 Å². The van der Waals surface area contributed by atoms with Crippen molar-refractivity contribution in [1.82, 2.24) is 0 Å². The van der Waals surface area contributed by atoms with Crippen molar-refractivity contribution in [2.75, 3.05) is 6.61 Å². The standard InChI is InChI=1S/C50H88O23/c1-9-11-17-20-30(21-18-15-13-12-14-16-19-22-32(53)54)67-48-42(36(58)33(55)27(6)64-48)72-49-43(37(59)35(57)31(23-51)68-49)73-50-44(70-45(62)24(3)10-2)41(34(56)28(7)65-50)71-47-39(61)38(60)40(29(8)66-47)69-46(63)25(4)26(5)52/h24-31,33-44,47-52,55-61H,9-23H2,1-8H3,(H,53,54)/t24-,25-,26+,27-,28+,29-,30-,31-,33-,34+,35-,36+,37+,38-,39-,40-,41-,42-,43-,44-,47+,48+,49+,50+/m1/s1. The Kier molecular flexibility index (Phi) is 26.5. The molecule has 0 unspecified atom stereocenters. The fraction of sp³-hybridized carbons (Fsp3) is 0.940. The largest absolute Gasteiger partial charge is 0.481 e. The summed E-state index contributed by atoms with van der Waals surface area (Å²) in [4.78, 5) is 37.2. The number of esters is 2. The maximum Gasteiger partial charge on any atom is 0.311 e.